The first-order chi connectivity index (χ1) is 15.6. The number of amides is 2. The Morgan fingerprint density at radius 1 is 1.06 bits per heavy atom. The number of ether oxygens (including phenoxy) is 2. The van der Waals surface area contributed by atoms with Crippen molar-refractivity contribution in [1.29, 1.82) is 0 Å². The molecule has 164 valence electrons. The van der Waals surface area contributed by atoms with Crippen molar-refractivity contribution in [3.63, 3.8) is 0 Å². The summed E-state index contributed by atoms with van der Waals surface area (Å²) in [4.78, 5) is 34.2. The van der Waals surface area contributed by atoms with E-state index in [9.17, 15) is 14.0 Å². The van der Waals surface area contributed by atoms with E-state index in [1.165, 1.54) is 23.5 Å². The third-order valence-corrected chi connectivity index (χ3v) is 6.32. The largest absolute Gasteiger partial charge is 0.476 e. The van der Waals surface area contributed by atoms with Gasteiger partial charge < -0.3 is 14.4 Å². The van der Waals surface area contributed by atoms with E-state index in [1.807, 2.05) is 6.07 Å². The van der Waals surface area contributed by atoms with Crippen LogP contribution in [0, 0.1) is 5.82 Å². The standard InChI is InChI=1S/C23H20FN3O4S/c24-16-7-5-15(6-8-16)21-25-17(14-32-21)22(28)27-13-20(23(29)26-9-11-30-12-10-26)31-19-4-2-1-3-18(19)27/h1-8,14,20H,9-13H2. The fourth-order valence-corrected chi connectivity index (χ4v) is 4.58. The van der Waals surface area contributed by atoms with Crippen molar-refractivity contribution in [1.82, 2.24) is 9.88 Å². The number of halogens is 1. The van der Waals surface area contributed by atoms with Crippen LogP contribution in [0.3, 0.4) is 0 Å². The van der Waals surface area contributed by atoms with Crippen LogP contribution in [0.1, 0.15) is 10.5 Å². The molecule has 0 N–H and O–H groups in total. The number of para-hydroxylation sites is 2. The molecule has 9 heteroatoms. The molecule has 1 unspecified atom stereocenters. The number of carbonyl (C=O) groups excluding carboxylic acids is 2. The summed E-state index contributed by atoms with van der Waals surface area (Å²) < 4.78 is 24.5. The second kappa shape index (κ2) is 8.68. The van der Waals surface area contributed by atoms with Gasteiger partial charge in [0.05, 0.1) is 25.4 Å². The van der Waals surface area contributed by atoms with E-state index >= 15 is 0 Å². The van der Waals surface area contributed by atoms with Crippen LogP contribution in [0.5, 0.6) is 5.75 Å². The highest BCUT2D eigenvalue weighted by atomic mass is 32.1. The Balaban J connectivity index is 1.42. The van der Waals surface area contributed by atoms with Crippen LogP contribution in [0.25, 0.3) is 10.6 Å². The van der Waals surface area contributed by atoms with Gasteiger partial charge in [-0.15, -0.1) is 11.3 Å². The van der Waals surface area contributed by atoms with Gasteiger partial charge >= 0.3 is 0 Å². The molecule has 0 radical (unpaired) electrons. The third-order valence-electron chi connectivity index (χ3n) is 5.43. The van der Waals surface area contributed by atoms with E-state index < -0.39 is 6.10 Å². The molecule has 1 fully saturated rings. The highest BCUT2D eigenvalue weighted by Crippen LogP contribution is 2.35. The predicted octanol–water partition coefficient (Wildman–Crippen LogP) is 3.22. The molecule has 2 aromatic carbocycles. The number of aromatic nitrogens is 1. The van der Waals surface area contributed by atoms with Gasteiger partial charge in [0.25, 0.3) is 11.8 Å². The second-order valence-corrected chi connectivity index (χ2v) is 8.33. The molecule has 0 bridgehead atoms. The number of morpholine rings is 1. The van der Waals surface area contributed by atoms with Crippen LogP contribution in [0.4, 0.5) is 10.1 Å². The average Bonchev–Trinajstić information content (AvgIpc) is 3.34. The lowest BCUT2D eigenvalue weighted by Crippen LogP contribution is -2.54. The molecule has 0 saturated carbocycles. The van der Waals surface area contributed by atoms with Crippen LogP contribution >= 0.6 is 11.3 Å². The summed E-state index contributed by atoms with van der Waals surface area (Å²) in [7, 11) is 0. The van der Waals surface area contributed by atoms with E-state index in [1.54, 1.807) is 45.5 Å². The average molecular weight is 453 g/mol. The first-order valence-electron chi connectivity index (χ1n) is 10.3. The lowest BCUT2D eigenvalue weighted by molar-refractivity contribution is -0.142. The number of rotatable bonds is 3. The van der Waals surface area contributed by atoms with Gasteiger partial charge in [-0.25, -0.2) is 9.37 Å². The smallest absolute Gasteiger partial charge is 0.278 e. The summed E-state index contributed by atoms with van der Waals surface area (Å²) in [5.74, 6) is -0.328. The van der Waals surface area contributed by atoms with E-state index in [0.717, 1.165) is 5.56 Å². The van der Waals surface area contributed by atoms with Crippen molar-refractivity contribution < 1.29 is 23.5 Å². The maximum absolute atomic E-state index is 13.4. The maximum atomic E-state index is 13.4. The van der Waals surface area contributed by atoms with Crippen LogP contribution in [0.2, 0.25) is 0 Å². The summed E-state index contributed by atoms with van der Waals surface area (Å²) in [5.41, 5.74) is 1.60. The molecule has 5 rings (SSSR count). The molecule has 0 spiro atoms. The zero-order valence-corrected chi connectivity index (χ0v) is 17.9. The van der Waals surface area contributed by atoms with Crippen molar-refractivity contribution in [2.24, 2.45) is 0 Å². The topological polar surface area (TPSA) is 72.0 Å². The number of nitrogens with zero attached hydrogens (tertiary/aromatic N) is 3. The molecule has 1 aromatic heterocycles. The number of anilines is 1. The predicted molar refractivity (Wildman–Crippen MR) is 117 cm³/mol. The molecule has 3 aromatic rings. The number of hydrogen-bond donors (Lipinski definition) is 0. The summed E-state index contributed by atoms with van der Waals surface area (Å²) in [6.45, 7) is 2.07. The van der Waals surface area contributed by atoms with Gasteiger partial charge in [-0.1, -0.05) is 12.1 Å². The minimum atomic E-state index is -0.804. The van der Waals surface area contributed by atoms with Gasteiger partial charge in [0.2, 0.25) is 0 Å². The molecule has 2 aliphatic heterocycles. The SMILES string of the molecule is O=C(C1CN(C(=O)c2csc(-c3ccc(F)cc3)n2)c2ccccc2O1)N1CCOCC1. The summed E-state index contributed by atoms with van der Waals surface area (Å²) in [5, 5.41) is 2.30. The molecule has 0 aliphatic carbocycles. The highest BCUT2D eigenvalue weighted by molar-refractivity contribution is 7.13. The van der Waals surface area contributed by atoms with Gasteiger partial charge in [-0.3, -0.25) is 14.5 Å². The minimum Gasteiger partial charge on any atom is -0.476 e. The Kier molecular flexibility index (Phi) is 5.59. The minimum absolute atomic E-state index is 0.0927. The van der Waals surface area contributed by atoms with Gasteiger partial charge in [0, 0.05) is 24.0 Å². The molecule has 32 heavy (non-hydrogen) atoms. The van der Waals surface area contributed by atoms with Gasteiger partial charge in [-0.2, -0.15) is 0 Å². The van der Waals surface area contributed by atoms with Crippen LogP contribution in [0.15, 0.2) is 53.9 Å². The summed E-state index contributed by atoms with van der Waals surface area (Å²) >= 11 is 1.31. The molecule has 2 aliphatic rings. The van der Waals surface area contributed by atoms with Crippen molar-refractivity contribution in [3.05, 3.63) is 65.4 Å². The van der Waals surface area contributed by atoms with Gasteiger partial charge in [0.1, 0.15) is 22.3 Å². The van der Waals surface area contributed by atoms with Gasteiger partial charge in [-0.05, 0) is 36.4 Å². The number of hydrogen-bond acceptors (Lipinski definition) is 6. The van der Waals surface area contributed by atoms with Crippen LogP contribution in [-0.2, 0) is 9.53 Å². The molecule has 1 atom stereocenters. The Labute approximate surface area is 188 Å². The Bertz CT molecular complexity index is 1140. The number of fused-ring (bicyclic) bond motifs is 1. The second-order valence-electron chi connectivity index (χ2n) is 7.47. The van der Waals surface area contributed by atoms with E-state index in [4.69, 9.17) is 9.47 Å². The van der Waals surface area contributed by atoms with Crippen molar-refractivity contribution in [3.8, 4) is 16.3 Å². The zero-order valence-electron chi connectivity index (χ0n) is 17.1. The molecule has 7 nitrogen and oxygen atoms in total. The van der Waals surface area contributed by atoms with E-state index in [-0.39, 0.29) is 29.9 Å². The van der Waals surface area contributed by atoms with E-state index in [0.29, 0.717) is 42.7 Å². The first kappa shape index (κ1) is 20.6. The highest BCUT2D eigenvalue weighted by Gasteiger charge is 2.37. The summed E-state index contributed by atoms with van der Waals surface area (Å²) in [6.07, 6.45) is -0.804. The Morgan fingerprint density at radius 3 is 2.59 bits per heavy atom. The van der Waals surface area contributed by atoms with Crippen LogP contribution < -0.4 is 9.64 Å². The van der Waals surface area contributed by atoms with Crippen molar-refractivity contribution >= 4 is 28.8 Å². The molecule has 3 heterocycles. The van der Waals surface area contributed by atoms with Crippen molar-refractivity contribution in [2.75, 3.05) is 37.7 Å². The molecular weight excluding hydrogens is 433 g/mol. The fraction of sp³-hybridized carbons (Fsp3) is 0.261. The van der Waals surface area contributed by atoms with Crippen molar-refractivity contribution in [2.45, 2.75) is 6.10 Å². The third kappa shape index (κ3) is 3.96. The number of thiazole rings is 1. The zero-order chi connectivity index (χ0) is 22.1. The quantitative estimate of drug-likeness (QED) is 0.609. The molecule has 2 amide bonds. The van der Waals surface area contributed by atoms with Crippen LogP contribution in [-0.4, -0.2) is 60.7 Å². The van der Waals surface area contributed by atoms with E-state index in [2.05, 4.69) is 4.98 Å². The fourth-order valence-electron chi connectivity index (χ4n) is 3.78. The Hall–Kier alpha value is -3.30. The molecular formula is C23H20FN3O4S. The summed E-state index contributed by atoms with van der Waals surface area (Å²) in [6, 6.07) is 13.1. The lowest BCUT2D eigenvalue weighted by atomic mass is 10.1. The number of carbonyl (C=O) groups is 2. The normalized spacial score (nSPS) is 18.1. The number of benzene rings is 2. The lowest BCUT2D eigenvalue weighted by Gasteiger charge is -2.37. The maximum Gasteiger partial charge on any atom is 0.278 e. The Morgan fingerprint density at radius 2 is 1.81 bits per heavy atom. The molecule has 1 saturated heterocycles. The van der Waals surface area contributed by atoms with Gasteiger partial charge in [0.15, 0.2) is 6.10 Å². The first-order valence-corrected chi connectivity index (χ1v) is 11.1. The monoisotopic (exact) mass is 453 g/mol.